The molecule has 3 aliphatic carbocycles. The lowest BCUT2D eigenvalue weighted by Crippen LogP contribution is -2.66. The number of hydrogen-bond donors (Lipinski definition) is 0. The van der Waals surface area contributed by atoms with Gasteiger partial charge in [0.05, 0.1) is 32.0 Å². The minimum atomic E-state index is -0.868. The maximum Gasteiger partial charge on any atom is 0.310 e. The van der Waals surface area contributed by atoms with E-state index in [9.17, 15) is 19.2 Å². The number of esters is 3. The van der Waals surface area contributed by atoms with Crippen molar-refractivity contribution in [1.82, 2.24) is 0 Å². The van der Waals surface area contributed by atoms with Crippen LogP contribution in [-0.2, 0) is 33.4 Å². The molecule has 0 N–H and O–H groups in total. The SMILES string of the molecule is COC(=O)C[C@H]1C(C)(C)[C@@H](OC(C)=O)[C@H]2CC3=C4CC(=O)O[C@@H](c5ccoc5)[C@]4(C)CC[C@H]3[C@]1(C)C2=O. The van der Waals surface area contributed by atoms with Crippen molar-refractivity contribution >= 4 is 23.7 Å². The van der Waals surface area contributed by atoms with Gasteiger partial charge in [-0.25, -0.2) is 0 Å². The highest BCUT2D eigenvalue weighted by Crippen LogP contribution is 2.68. The van der Waals surface area contributed by atoms with E-state index < -0.39 is 52.2 Å². The standard InChI is InChI=1S/C29H36O8/c1-15(30)36-26-18-11-17-19(29(5,24(18)33)21(27(26,2)3)13-22(31)34-6)7-9-28(4)20(17)12-23(32)37-25(28)16-8-10-35-14-16/h8,10,14,18-19,21,25-26H,7,9,11-13H2,1-6H3/t18-,19+,21-,25-,26-,28+,29-/m0/s1. The van der Waals surface area contributed by atoms with E-state index in [4.69, 9.17) is 18.6 Å². The molecular formula is C29H36O8. The van der Waals surface area contributed by atoms with Crippen molar-refractivity contribution in [2.24, 2.45) is 34.0 Å². The Bertz CT molecular complexity index is 1180. The second-order valence-electron chi connectivity index (χ2n) is 12.3. The molecule has 0 amide bonds. The number of allylic oxidation sites excluding steroid dienone is 1. The number of Topliss-reactive ketones (excluding diaryl/α,β-unsaturated/α-hetero) is 1. The summed E-state index contributed by atoms with van der Waals surface area (Å²) in [7, 11) is 1.35. The average Bonchev–Trinajstić information content (AvgIpc) is 3.36. The van der Waals surface area contributed by atoms with Crippen molar-refractivity contribution < 1.29 is 37.8 Å². The van der Waals surface area contributed by atoms with Gasteiger partial charge in [0.15, 0.2) is 0 Å². The van der Waals surface area contributed by atoms with Crippen LogP contribution in [0.1, 0.15) is 78.4 Å². The van der Waals surface area contributed by atoms with E-state index in [1.807, 2.05) is 26.8 Å². The van der Waals surface area contributed by atoms with E-state index >= 15 is 0 Å². The van der Waals surface area contributed by atoms with Gasteiger partial charge in [-0.15, -0.1) is 0 Å². The van der Waals surface area contributed by atoms with Gasteiger partial charge in [-0.3, -0.25) is 19.2 Å². The fourth-order valence-electron chi connectivity index (χ4n) is 8.37. The van der Waals surface area contributed by atoms with Gasteiger partial charge in [-0.1, -0.05) is 33.3 Å². The Kier molecular flexibility index (Phi) is 5.96. The van der Waals surface area contributed by atoms with Crippen LogP contribution in [0.15, 0.2) is 34.2 Å². The van der Waals surface area contributed by atoms with Crippen LogP contribution in [0.4, 0.5) is 0 Å². The fraction of sp³-hybridized carbons (Fsp3) is 0.655. The molecule has 1 saturated heterocycles. The molecule has 5 rings (SSSR count). The van der Waals surface area contributed by atoms with Crippen molar-refractivity contribution in [3.8, 4) is 0 Å². The third-order valence-electron chi connectivity index (χ3n) is 10.1. The Labute approximate surface area is 217 Å². The summed E-state index contributed by atoms with van der Waals surface area (Å²) >= 11 is 0. The Balaban J connectivity index is 1.69. The Morgan fingerprint density at radius 1 is 1.16 bits per heavy atom. The number of methoxy groups -OCH3 is 1. The molecule has 0 unspecified atom stereocenters. The number of ether oxygens (including phenoxy) is 3. The molecule has 8 nitrogen and oxygen atoms in total. The number of hydrogen-bond acceptors (Lipinski definition) is 8. The van der Waals surface area contributed by atoms with Crippen LogP contribution in [0, 0.1) is 34.0 Å². The minimum absolute atomic E-state index is 0.0368. The van der Waals surface area contributed by atoms with Gasteiger partial charge >= 0.3 is 17.9 Å². The highest BCUT2D eigenvalue weighted by molar-refractivity contribution is 5.92. The molecule has 8 heteroatoms. The molecule has 7 atom stereocenters. The quantitative estimate of drug-likeness (QED) is 0.324. The summed E-state index contributed by atoms with van der Waals surface area (Å²) in [5.74, 6) is -2.20. The first-order valence-electron chi connectivity index (χ1n) is 13.1. The number of carbonyl (C=O) groups excluding carboxylic acids is 4. The smallest absolute Gasteiger partial charge is 0.310 e. The van der Waals surface area contributed by atoms with Gasteiger partial charge in [0.25, 0.3) is 0 Å². The molecule has 3 fully saturated rings. The molecular weight excluding hydrogens is 476 g/mol. The Morgan fingerprint density at radius 3 is 2.51 bits per heavy atom. The van der Waals surface area contributed by atoms with Crippen LogP contribution < -0.4 is 0 Å². The highest BCUT2D eigenvalue weighted by atomic mass is 16.6. The zero-order chi connectivity index (χ0) is 26.9. The number of fused-ring (bicyclic) bond motifs is 5. The summed E-state index contributed by atoms with van der Waals surface area (Å²) in [6, 6.07) is 1.83. The zero-order valence-electron chi connectivity index (χ0n) is 22.4. The Hall–Kier alpha value is -2.90. The lowest BCUT2D eigenvalue weighted by molar-refractivity contribution is -0.197. The molecule has 2 saturated carbocycles. The molecule has 1 aromatic rings. The normalized spacial score (nSPS) is 38.3. The summed E-state index contributed by atoms with van der Waals surface area (Å²) in [5, 5.41) is 0. The van der Waals surface area contributed by atoms with Crippen molar-refractivity contribution in [1.29, 1.82) is 0 Å². The fourth-order valence-corrected chi connectivity index (χ4v) is 8.37. The third kappa shape index (κ3) is 3.62. The maximum atomic E-state index is 14.2. The molecule has 1 aromatic heterocycles. The third-order valence-corrected chi connectivity index (χ3v) is 10.1. The number of ketones is 1. The second-order valence-corrected chi connectivity index (χ2v) is 12.3. The van der Waals surface area contributed by atoms with E-state index in [-0.39, 0.29) is 30.5 Å². The molecule has 200 valence electrons. The van der Waals surface area contributed by atoms with Crippen LogP contribution in [0.5, 0.6) is 0 Å². The van der Waals surface area contributed by atoms with Gasteiger partial charge in [0.1, 0.15) is 18.0 Å². The van der Waals surface area contributed by atoms with Crippen molar-refractivity contribution in [2.45, 2.75) is 78.9 Å². The summed E-state index contributed by atoms with van der Waals surface area (Å²) in [4.78, 5) is 52.0. The zero-order valence-corrected chi connectivity index (χ0v) is 22.4. The number of cyclic esters (lactones) is 1. The predicted molar refractivity (Wildman–Crippen MR) is 131 cm³/mol. The molecule has 1 aliphatic heterocycles. The lowest BCUT2D eigenvalue weighted by Gasteiger charge is -2.63. The van der Waals surface area contributed by atoms with Crippen molar-refractivity contribution in [3.63, 3.8) is 0 Å². The number of furan rings is 1. The maximum absolute atomic E-state index is 14.2. The van der Waals surface area contributed by atoms with Gasteiger partial charge < -0.3 is 18.6 Å². The van der Waals surface area contributed by atoms with E-state index in [2.05, 4.69) is 6.92 Å². The number of rotatable bonds is 4. The first-order valence-corrected chi connectivity index (χ1v) is 13.1. The van der Waals surface area contributed by atoms with E-state index in [0.29, 0.717) is 6.42 Å². The lowest BCUT2D eigenvalue weighted by atomic mass is 9.40. The first-order chi connectivity index (χ1) is 17.4. The van der Waals surface area contributed by atoms with Crippen LogP contribution in [-0.4, -0.2) is 36.9 Å². The summed E-state index contributed by atoms with van der Waals surface area (Å²) in [6.07, 6.45) is 4.12. The summed E-state index contributed by atoms with van der Waals surface area (Å²) in [6.45, 7) is 9.43. The molecule has 0 radical (unpaired) electrons. The highest BCUT2D eigenvalue weighted by Gasteiger charge is 2.68. The topological polar surface area (TPSA) is 109 Å². The monoisotopic (exact) mass is 512 g/mol. The molecule has 37 heavy (non-hydrogen) atoms. The predicted octanol–water partition coefficient (Wildman–Crippen LogP) is 4.73. The van der Waals surface area contributed by atoms with E-state index in [1.165, 1.54) is 14.0 Å². The van der Waals surface area contributed by atoms with Gasteiger partial charge in [-0.2, -0.15) is 0 Å². The number of carbonyl (C=O) groups is 4. The molecule has 2 bridgehead atoms. The van der Waals surface area contributed by atoms with Crippen molar-refractivity contribution in [2.75, 3.05) is 7.11 Å². The molecule has 2 heterocycles. The average molecular weight is 513 g/mol. The van der Waals surface area contributed by atoms with Crippen molar-refractivity contribution in [3.05, 3.63) is 35.3 Å². The first kappa shape index (κ1) is 25.7. The molecule has 0 spiro atoms. The van der Waals surface area contributed by atoms with Gasteiger partial charge in [0.2, 0.25) is 0 Å². The van der Waals surface area contributed by atoms with Gasteiger partial charge in [-0.05, 0) is 42.7 Å². The Morgan fingerprint density at radius 2 is 1.89 bits per heavy atom. The second kappa shape index (κ2) is 8.57. The summed E-state index contributed by atoms with van der Waals surface area (Å²) in [5.41, 5.74) is 0.968. The molecule has 0 aromatic carbocycles. The van der Waals surface area contributed by atoms with Crippen LogP contribution >= 0.6 is 0 Å². The minimum Gasteiger partial charge on any atom is -0.472 e. The van der Waals surface area contributed by atoms with Crippen LogP contribution in [0.2, 0.25) is 0 Å². The van der Waals surface area contributed by atoms with E-state index in [1.54, 1.807) is 12.5 Å². The molecule has 4 aliphatic rings. The van der Waals surface area contributed by atoms with Crippen LogP contribution in [0.3, 0.4) is 0 Å². The van der Waals surface area contributed by atoms with Gasteiger partial charge in [0, 0.05) is 35.2 Å². The van der Waals surface area contributed by atoms with Crippen LogP contribution in [0.25, 0.3) is 0 Å². The van der Waals surface area contributed by atoms with E-state index in [0.717, 1.165) is 29.6 Å². The largest absolute Gasteiger partial charge is 0.472 e. The summed E-state index contributed by atoms with van der Waals surface area (Å²) < 4.78 is 22.1.